The van der Waals surface area contributed by atoms with E-state index < -0.39 is 0 Å². The molecule has 4 nitrogen and oxygen atoms in total. The summed E-state index contributed by atoms with van der Waals surface area (Å²) in [5.41, 5.74) is 6.04. The van der Waals surface area contributed by atoms with Crippen molar-refractivity contribution in [1.82, 2.24) is 0 Å². The van der Waals surface area contributed by atoms with Crippen LogP contribution >= 0.6 is 0 Å². The fourth-order valence-electron chi connectivity index (χ4n) is 1.90. The molecule has 0 aliphatic carbocycles. The van der Waals surface area contributed by atoms with Crippen molar-refractivity contribution in [2.75, 3.05) is 19.8 Å². The Labute approximate surface area is 101 Å². The summed E-state index contributed by atoms with van der Waals surface area (Å²) < 4.78 is 11.0. The summed E-state index contributed by atoms with van der Waals surface area (Å²) >= 11 is 0. The van der Waals surface area contributed by atoms with Gasteiger partial charge >= 0.3 is 0 Å². The average Bonchev–Trinajstić information content (AvgIpc) is 2.80. The van der Waals surface area contributed by atoms with Crippen LogP contribution in [-0.2, 0) is 16.0 Å². The van der Waals surface area contributed by atoms with Gasteiger partial charge in [0, 0.05) is 18.1 Å². The maximum atomic E-state index is 10.9. The maximum absolute atomic E-state index is 10.9. The smallest absolute Gasteiger partial charge is 0.221 e. The quantitative estimate of drug-likeness (QED) is 0.832. The fourth-order valence-corrected chi connectivity index (χ4v) is 1.90. The number of para-hydroxylation sites is 1. The molecule has 1 amide bonds. The fraction of sp³-hybridized carbons (Fsp3) is 0.462. The molecule has 0 spiro atoms. The Balaban J connectivity index is 1.96. The summed E-state index contributed by atoms with van der Waals surface area (Å²) in [6.07, 6.45) is 1.26. The van der Waals surface area contributed by atoms with Gasteiger partial charge in [-0.2, -0.15) is 0 Å². The second kappa shape index (κ2) is 5.68. The molecule has 1 aromatic carbocycles. The van der Waals surface area contributed by atoms with E-state index in [1.165, 1.54) is 0 Å². The van der Waals surface area contributed by atoms with Crippen molar-refractivity contribution in [3.8, 4) is 5.75 Å². The normalized spacial score (nSPS) is 19.2. The largest absolute Gasteiger partial charge is 0.493 e. The number of carbonyl (C=O) groups is 1. The first-order chi connectivity index (χ1) is 8.25. The van der Waals surface area contributed by atoms with Crippen molar-refractivity contribution in [2.45, 2.75) is 12.8 Å². The third-order valence-corrected chi connectivity index (χ3v) is 2.84. The summed E-state index contributed by atoms with van der Waals surface area (Å²) in [6.45, 7) is 2.21. The number of carbonyl (C=O) groups excluding carboxylic acids is 1. The van der Waals surface area contributed by atoms with Crippen molar-refractivity contribution in [2.24, 2.45) is 11.7 Å². The average molecular weight is 235 g/mol. The van der Waals surface area contributed by atoms with Gasteiger partial charge in [-0.1, -0.05) is 18.2 Å². The Morgan fingerprint density at radius 2 is 2.29 bits per heavy atom. The molecular weight excluding hydrogens is 218 g/mol. The van der Waals surface area contributed by atoms with E-state index in [4.69, 9.17) is 15.2 Å². The van der Waals surface area contributed by atoms with Crippen LogP contribution in [0, 0.1) is 5.92 Å². The molecule has 1 aliphatic heterocycles. The molecular formula is C13H17NO3. The highest BCUT2D eigenvalue weighted by Gasteiger charge is 2.17. The second-order valence-electron chi connectivity index (χ2n) is 4.29. The van der Waals surface area contributed by atoms with Crippen LogP contribution in [0.25, 0.3) is 0 Å². The number of rotatable bonds is 5. The molecule has 92 valence electrons. The summed E-state index contributed by atoms with van der Waals surface area (Å²) in [5.74, 6) is 0.861. The van der Waals surface area contributed by atoms with Gasteiger partial charge in [0.2, 0.25) is 5.91 Å². The topological polar surface area (TPSA) is 61.6 Å². The summed E-state index contributed by atoms with van der Waals surface area (Å²) in [7, 11) is 0. The predicted octanol–water partition coefficient (Wildman–Crippen LogP) is 1.13. The number of hydrogen-bond acceptors (Lipinski definition) is 3. The standard InChI is InChI=1S/C13H17NO3/c14-13(15)7-11-3-1-2-4-12(11)17-9-10-5-6-16-8-10/h1-4,10H,5-9H2,(H2,14,15)/t10-/m0/s1. The van der Waals surface area contributed by atoms with Crippen LogP contribution in [-0.4, -0.2) is 25.7 Å². The van der Waals surface area contributed by atoms with E-state index in [9.17, 15) is 4.79 Å². The molecule has 2 rings (SSSR count). The number of nitrogens with two attached hydrogens (primary N) is 1. The first-order valence-electron chi connectivity index (χ1n) is 5.82. The van der Waals surface area contributed by atoms with Gasteiger partial charge < -0.3 is 15.2 Å². The Bertz CT molecular complexity index is 386. The van der Waals surface area contributed by atoms with E-state index in [1.54, 1.807) is 0 Å². The summed E-state index contributed by atoms with van der Waals surface area (Å²) in [6, 6.07) is 7.51. The summed E-state index contributed by atoms with van der Waals surface area (Å²) in [4.78, 5) is 10.9. The Morgan fingerprint density at radius 1 is 1.47 bits per heavy atom. The minimum atomic E-state index is -0.342. The van der Waals surface area contributed by atoms with Crippen molar-refractivity contribution in [3.05, 3.63) is 29.8 Å². The Morgan fingerprint density at radius 3 is 3.00 bits per heavy atom. The molecule has 4 heteroatoms. The highest BCUT2D eigenvalue weighted by atomic mass is 16.5. The molecule has 1 atom stereocenters. The van der Waals surface area contributed by atoms with Gasteiger partial charge in [0.05, 0.1) is 19.6 Å². The van der Waals surface area contributed by atoms with Crippen molar-refractivity contribution in [1.29, 1.82) is 0 Å². The highest BCUT2D eigenvalue weighted by molar-refractivity contribution is 5.77. The van der Waals surface area contributed by atoms with Crippen molar-refractivity contribution in [3.63, 3.8) is 0 Å². The van der Waals surface area contributed by atoms with E-state index in [-0.39, 0.29) is 12.3 Å². The molecule has 1 aromatic rings. The summed E-state index contributed by atoms with van der Waals surface area (Å²) in [5, 5.41) is 0. The molecule has 0 aromatic heterocycles. The lowest BCUT2D eigenvalue weighted by molar-refractivity contribution is -0.117. The number of ether oxygens (including phenoxy) is 2. The lowest BCUT2D eigenvalue weighted by Crippen LogP contribution is -2.16. The second-order valence-corrected chi connectivity index (χ2v) is 4.29. The zero-order chi connectivity index (χ0) is 12.1. The minimum Gasteiger partial charge on any atom is -0.493 e. The van der Waals surface area contributed by atoms with E-state index in [2.05, 4.69) is 0 Å². The van der Waals surface area contributed by atoms with Gasteiger partial charge in [0.15, 0.2) is 0 Å². The SMILES string of the molecule is NC(=O)Cc1ccccc1OC[C@H]1CCOC1. The monoisotopic (exact) mass is 235 g/mol. The molecule has 0 bridgehead atoms. The maximum Gasteiger partial charge on any atom is 0.221 e. The number of benzene rings is 1. The zero-order valence-corrected chi connectivity index (χ0v) is 9.72. The van der Waals surface area contributed by atoms with Crippen molar-refractivity contribution < 1.29 is 14.3 Å². The first-order valence-corrected chi connectivity index (χ1v) is 5.82. The molecule has 1 aliphatic rings. The molecule has 1 heterocycles. The molecule has 0 unspecified atom stereocenters. The third-order valence-electron chi connectivity index (χ3n) is 2.84. The molecule has 0 saturated carbocycles. The van der Waals surface area contributed by atoms with E-state index >= 15 is 0 Å². The number of amides is 1. The van der Waals surface area contributed by atoms with Gasteiger partial charge in [-0.15, -0.1) is 0 Å². The first kappa shape index (κ1) is 11.9. The lowest BCUT2D eigenvalue weighted by Gasteiger charge is -2.13. The number of hydrogen-bond donors (Lipinski definition) is 1. The number of primary amides is 1. The van der Waals surface area contributed by atoms with Crippen LogP contribution in [0.3, 0.4) is 0 Å². The van der Waals surface area contributed by atoms with E-state index in [0.29, 0.717) is 12.5 Å². The van der Waals surface area contributed by atoms with Gasteiger partial charge in [0.25, 0.3) is 0 Å². The van der Waals surface area contributed by atoms with Gasteiger partial charge in [-0.25, -0.2) is 0 Å². The highest BCUT2D eigenvalue weighted by Crippen LogP contribution is 2.21. The zero-order valence-electron chi connectivity index (χ0n) is 9.72. The van der Waals surface area contributed by atoms with Crippen LogP contribution in [0.15, 0.2) is 24.3 Å². The van der Waals surface area contributed by atoms with Gasteiger partial charge in [0.1, 0.15) is 5.75 Å². The molecule has 1 saturated heterocycles. The van der Waals surface area contributed by atoms with Crippen molar-refractivity contribution >= 4 is 5.91 Å². The van der Waals surface area contributed by atoms with Crippen LogP contribution in [0.1, 0.15) is 12.0 Å². The lowest BCUT2D eigenvalue weighted by atomic mass is 10.1. The van der Waals surface area contributed by atoms with E-state index in [0.717, 1.165) is 30.9 Å². The third kappa shape index (κ3) is 3.46. The van der Waals surface area contributed by atoms with Gasteiger partial charge in [-0.05, 0) is 12.5 Å². The molecule has 1 fully saturated rings. The Hall–Kier alpha value is -1.55. The van der Waals surface area contributed by atoms with Gasteiger partial charge in [-0.3, -0.25) is 4.79 Å². The predicted molar refractivity (Wildman–Crippen MR) is 63.8 cm³/mol. The van der Waals surface area contributed by atoms with Crippen LogP contribution in [0.4, 0.5) is 0 Å². The minimum absolute atomic E-state index is 0.220. The van der Waals surface area contributed by atoms with Crippen LogP contribution in [0.5, 0.6) is 5.75 Å². The molecule has 2 N–H and O–H groups in total. The molecule has 0 radical (unpaired) electrons. The van der Waals surface area contributed by atoms with Crippen LogP contribution in [0.2, 0.25) is 0 Å². The van der Waals surface area contributed by atoms with Crippen LogP contribution < -0.4 is 10.5 Å². The molecule has 17 heavy (non-hydrogen) atoms. The van der Waals surface area contributed by atoms with E-state index in [1.807, 2.05) is 24.3 Å². The Kier molecular flexibility index (Phi) is 3.98.